The Balaban J connectivity index is 1.33. The number of nitrogens with zero attached hydrogens (tertiary/aromatic N) is 4. The molecule has 2 aromatic carbocycles. The molecule has 0 radical (unpaired) electrons. The van der Waals surface area contributed by atoms with Gasteiger partial charge in [0.05, 0.1) is 17.7 Å². The highest BCUT2D eigenvalue weighted by atomic mass is 35.5. The molecule has 1 aromatic heterocycles. The van der Waals surface area contributed by atoms with Gasteiger partial charge in [0.1, 0.15) is 17.9 Å². The zero-order valence-electron chi connectivity index (χ0n) is 17.8. The summed E-state index contributed by atoms with van der Waals surface area (Å²) in [5.41, 5.74) is 1.91. The third-order valence-corrected chi connectivity index (χ3v) is 6.59. The Kier molecular flexibility index (Phi) is 5.59. The van der Waals surface area contributed by atoms with Gasteiger partial charge in [0.25, 0.3) is 0 Å². The van der Waals surface area contributed by atoms with Gasteiger partial charge in [-0.05, 0) is 60.6 Å². The summed E-state index contributed by atoms with van der Waals surface area (Å²) in [4.78, 5) is 14.3. The fourth-order valence-corrected chi connectivity index (χ4v) is 4.63. The lowest BCUT2D eigenvalue weighted by atomic mass is 10.0. The van der Waals surface area contributed by atoms with E-state index in [4.69, 9.17) is 16.3 Å². The first-order valence-corrected chi connectivity index (χ1v) is 11.2. The molecule has 1 amide bonds. The molecule has 1 unspecified atom stereocenters. The summed E-state index contributed by atoms with van der Waals surface area (Å²) in [6, 6.07) is 10.4. The number of likely N-dealkylation sites (tertiary alicyclic amines) is 1. The Morgan fingerprint density at radius 3 is 2.69 bits per heavy atom. The Labute approximate surface area is 191 Å². The van der Waals surface area contributed by atoms with Crippen LogP contribution in [0.2, 0.25) is 5.02 Å². The molecule has 1 saturated heterocycles. The van der Waals surface area contributed by atoms with E-state index in [-0.39, 0.29) is 17.6 Å². The SMILES string of the molecule is COc1ccc(-c2ccc(-c3nncn3CC3CCN(C(=O)C4CC4)C3)c(F)c2)cc1Cl. The third-order valence-electron chi connectivity index (χ3n) is 6.29. The van der Waals surface area contributed by atoms with Gasteiger partial charge >= 0.3 is 0 Å². The van der Waals surface area contributed by atoms with Gasteiger partial charge in [-0.3, -0.25) is 4.79 Å². The molecule has 32 heavy (non-hydrogen) atoms. The molecular weight excluding hydrogens is 431 g/mol. The van der Waals surface area contributed by atoms with Crippen molar-refractivity contribution in [1.29, 1.82) is 0 Å². The first-order chi connectivity index (χ1) is 15.5. The summed E-state index contributed by atoms with van der Waals surface area (Å²) in [6.45, 7) is 2.20. The van der Waals surface area contributed by atoms with E-state index in [2.05, 4.69) is 10.2 Å². The number of ether oxygens (including phenoxy) is 1. The number of benzene rings is 2. The molecule has 0 bridgehead atoms. The molecule has 2 fully saturated rings. The molecule has 6 nitrogen and oxygen atoms in total. The number of carbonyl (C=O) groups is 1. The highest BCUT2D eigenvalue weighted by Crippen LogP contribution is 2.34. The second kappa shape index (κ2) is 8.54. The molecule has 166 valence electrons. The number of aromatic nitrogens is 3. The van der Waals surface area contributed by atoms with Crippen LogP contribution in [0, 0.1) is 17.7 Å². The summed E-state index contributed by atoms with van der Waals surface area (Å²) in [5.74, 6) is 1.54. The number of halogens is 2. The number of hydrogen-bond donors (Lipinski definition) is 0. The van der Waals surface area contributed by atoms with E-state index in [0.717, 1.165) is 37.9 Å². The maximum atomic E-state index is 15.1. The van der Waals surface area contributed by atoms with Gasteiger partial charge in [0.2, 0.25) is 5.91 Å². The van der Waals surface area contributed by atoms with Crippen LogP contribution in [0.3, 0.4) is 0 Å². The molecule has 5 rings (SSSR count). The van der Waals surface area contributed by atoms with Crippen LogP contribution in [0.25, 0.3) is 22.5 Å². The number of methoxy groups -OCH3 is 1. The lowest BCUT2D eigenvalue weighted by Gasteiger charge is -2.17. The van der Waals surface area contributed by atoms with Gasteiger partial charge in [-0.1, -0.05) is 23.7 Å². The molecule has 0 spiro atoms. The van der Waals surface area contributed by atoms with Crippen LogP contribution in [0.4, 0.5) is 4.39 Å². The standard InChI is InChI=1S/C24H24ClFN4O2/c1-32-22-7-5-17(10-20(22)25)18-4-6-19(21(26)11-18)23-28-27-14-30(23)13-15-8-9-29(12-15)24(31)16-2-3-16/h4-7,10-11,14-16H,2-3,8-9,12-13H2,1H3. The van der Waals surface area contributed by atoms with Crippen molar-refractivity contribution in [1.82, 2.24) is 19.7 Å². The average Bonchev–Trinajstić information content (AvgIpc) is 3.38. The smallest absolute Gasteiger partial charge is 0.225 e. The number of hydrogen-bond acceptors (Lipinski definition) is 4. The fourth-order valence-electron chi connectivity index (χ4n) is 4.37. The zero-order valence-corrected chi connectivity index (χ0v) is 18.6. The first-order valence-electron chi connectivity index (χ1n) is 10.8. The largest absolute Gasteiger partial charge is 0.495 e. The van der Waals surface area contributed by atoms with Crippen molar-refractivity contribution in [2.75, 3.05) is 20.2 Å². The Morgan fingerprint density at radius 1 is 1.19 bits per heavy atom. The maximum absolute atomic E-state index is 15.1. The van der Waals surface area contributed by atoms with Gasteiger partial charge in [-0.25, -0.2) is 4.39 Å². The summed E-state index contributed by atoms with van der Waals surface area (Å²) in [5, 5.41) is 8.67. The van der Waals surface area contributed by atoms with Crippen molar-refractivity contribution >= 4 is 17.5 Å². The Hall–Kier alpha value is -2.93. The molecule has 2 heterocycles. The fraction of sp³-hybridized carbons (Fsp3) is 0.375. The molecule has 1 aliphatic heterocycles. The number of carbonyl (C=O) groups excluding carboxylic acids is 1. The second-order valence-corrected chi connectivity index (χ2v) is 8.97. The van der Waals surface area contributed by atoms with Gasteiger partial charge in [-0.15, -0.1) is 10.2 Å². The summed E-state index contributed by atoms with van der Waals surface area (Å²) >= 11 is 6.22. The summed E-state index contributed by atoms with van der Waals surface area (Å²) in [6.07, 6.45) is 4.62. The Morgan fingerprint density at radius 2 is 1.97 bits per heavy atom. The van der Waals surface area contributed by atoms with Crippen LogP contribution in [0.15, 0.2) is 42.7 Å². The van der Waals surface area contributed by atoms with Crippen LogP contribution >= 0.6 is 11.6 Å². The van der Waals surface area contributed by atoms with Crippen molar-refractivity contribution in [2.24, 2.45) is 11.8 Å². The lowest BCUT2D eigenvalue weighted by Crippen LogP contribution is -2.30. The van der Waals surface area contributed by atoms with Gasteiger partial charge in [0.15, 0.2) is 5.82 Å². The number of amides is 1. The van der Waals surface area contributed by atoms with Crippen LogP contribution in [-0.4, -0.2) is 45.8 Å². The van der Waals surface area contributed by atoms with Crippen LogP contribution in [-0.2, 0) is 11.3 Å². The average molecular weight is 455 g/mol. The molecule has 1 atom stereocenters. The number of rotatable bonds is 6. The third kappa shape index (κ3) is 4.09. The van der Waals surface area contributed by atoms with E-state index in [0.29, 0.717) is 40.2 Å². The van der Waals surface area contributed by atoms with Crippen molar-refractivity contribution in [3.63, 3.8) is 0 Å². The maximum Gasteiger partial charge on any atom is 0.225 e. The van der Waals surface area contributed by atoms with Crippen LogP contribution in [0.1, 0.15) is 19.3 Å². The first kappa shape index (κ1) is 20.9. The highest BCUT2D eigenvalue weighted by Gasteiger charge is 2.36. The Bertz CT molecular complexity index is 1160. The van der Waals surface area contributed by atoms with E-state index in [1.807, 2.05) is 21.6 Å². The van der Waals surface area contributed by atoms with Crippen molar-refractivity contribution in [3.05, 3.63) is 53.6 Å². The quantitative estimate of drug-likeness (QED) is 0.543. The zero-order chi connectivity index (χ0) is 22.2. The van der Waals surface area contributed by atoms with E-state index in [9.17, 15) is 4.79 Å². The monoisotopic (exact) mass is 454 g/mol. The topological polar surface area (TPSA) is 60.3 Å². The van der Waals surface area contributed by atoms with Gasteiger partial charge in [0, 0.05) is 25.6 Å². The molecule has 0 N–H and O–H groups in total. The van der Waals surface area contributed by atoms with Crippen LogP contribution < -0.4 is 4.74 Å². The lowest BCUT2D eigenvalue weighted by molar-refractivity contribution is -0.131. The van der Waals surface area contributed by atoms with Crippen molar-refractivity contribution in [2.45, 2.75) is 25.8 Å². The minimum absolute atomic E-state index is 0.243. The second-order valence-electron chi connectivity index (χ2n) is 8.56. The predicted molar refractivity (Wildman–Crippen MR) is 120 cm³/mol. The minimum atomic E-state index is -0.374. The van der Waals surface area contributed by atoms with Crippen molar-refractivity contribution in [3.8, 4) is 28.3 Å². The van der Waals surface area contributed by atoms with E-state index < -0.39 is 0 Å². The molecule has 3 aromatic rings. The molecule has 8 heteroatoms. The molecule has 1 aliphatic carbocycles. The highest BCUT2D eigenvalue weighted by molar-refractivity contribution is 6.32. The summed E-state index contributed by atoms with van der Waals surface area (Å²) < 4.78 is 22.2. The van der Waals surface area contributed by atoms with E-state index in [1.165, 1.54) is 6.07 Å². The molecule has 1 saturated carbocycles. The molecular formula is C24H24ClFN4O2. The van der Waals surface area contributed by atoms with E-state index >= 15 is 4.39 Å². The normalized spacial score (nSPS) is 18.2. The summed E-state index contributed by atoms with van der Waals surface area (Å²) in [7, 11) is 1.56. The predicted octanol–water partition coefficient (Wildman–Crippen LogP) is 4.67. The minimum Gasteiger partial charge on any atom is -0.495 e. The van der Waals surface area contributed by atoms with Gasteiger partial charge in [-0.2, -0.15) is 0 Å². The van der Waals surface area contributed by atoms with Crippen LogP contribution in [0.5, 0.6) is 5.75 Å². The van der Waals surface area contributed by atoms with Crippen molar-refractivity contribution < 1.29 is 13.9 Å². The van der Waals surface area contributed by atoms with E-state index in [1.54, 1.807) is 31.6 Å². The van der Waals surface area contributed by atoms with Gasteiger partial charge < -0.3 is 14.2 Å². The molecule has 2 aliphatic rings.